The van der Waals surface area contributed by atoms with Crippen molar-refractivity contribution in [1.82, 2.24) is 0 Å². The number of benzene rings is 2. The number of aromatic hydroxyl groups is 1. The molecule has 1 aromatic heterocycles. The van der Waals surface area contributed by atoms with E-state index in [-0.39, 0.29) is 12.5 Å². The zero-order chi connectivity index (χ0) is 17.8. The summed E-state index contributed by atoms with van der Waals surface area (Å²) in [6, 6.07) is 7.73. The average Bonchev–Trinajstić information content (AvgIpc) is 3.15. The Morgan fingerprint density at radius 1 is 1.08 bits per heavy atom. The van der Waals surface area contributed by atoms with Gasteiger partial charge in [-0.3, -0.25) is 0 Å². The molecule has 0 bridgehead atoms. The number of hydrogen-bond acceptors (Lipinski definition) is 5. The molecule has 5 rings (SSSR count). The van der Waals surface area contributed by atoms with E-state index >= 15 is 0 Å². The van der Waals surface area contributed by atoms with Crippen LogP contribution >= 0.6 is 0 Å². The molecule has 2 aliphatic heterocycles. The summed E-state index contributed by atoms with van der Waals surface area (Å²) in [5, 5.41) is 12.8. The lowest BCUT2D eigenvalue weighted by Crippen LogP contribution is -2.40. The highest BCUT2D eigenvalue weighted by Crippen LogP contribution is 2.47. The summed E-state index contributed by atoms with van der Waals surface area (Å²) in [5.74, 6) is 2.77. The minimum absolute atomic E-state index is 0.166. The van der Waals surface area contributed by atoms with Gasteiger partial charge >= 0.3 is 0 Å². The molecule has 132 valence electrons. The lowest BCUT2D eigenvalue weighted by atomic mass is 9.94. The van der Waals surface area contributed by atoms with E-state index in [1.165, 1.54) is 0 Å². The second kappa shape index (κ2) is 5.42. The topological polar surface area (TPSA) is 61.0 Å². The summed E-state index contributed by atoms with van der Waals surface area (Å²) in [6.07, 6.45) is 2.90. The van der Waals surface area contributed by atoms with Crippen LogP contribution in [0.25, 0.3) is 22.0 Å². The van der Waals surface area contributed by atoms with Crippen molar-refractivity contribution in [2.45, 2.75) is 13.0 Å². The van der Waals surface area contributed by atoms with Crippen molar-refractivity contribution in [2.24, 2.45) is 0 Å². The van der Waals surface area contributed by atoms with Crippen LogP contribution in [0.1, 0.15) is 5.56 Å². The van der Waals surface area contributed by atoms with E-state index in [4.69, 9.17) is 18.9 Å². The Bertz CT molecular complexity index is 1060. The van der Waals surface area contributed by atoms with Crippen molar-refractivity contribution >= 4 is 10.8 Å². The first-order chi connectivity index (χ1) is 12.7. The van der Waals surface area contributed by atoms with Gasteiger partial charge in [0.25, 0.3) is 5.69 Å². The molecule has 6 nitrogen and oxygen atoms in total. The molecule has 3 aromatic rings. The normalized spacial score (nSPS) is 14.1. The van der Waals surface area contributed by atoms with E-state index in [1.807, 2.05) is 30.5 Å². The van der Waals surface area contributed by atoms with E-state index in [0.29, 0.717) is 28.4 Å². The van der Waals surface area contributed by atoms with Crippen LogP contribution in [0, 0.1) is 0 Å². The fourth-order valence-corrected chi connectivity index (χ4v) is 3.87. The maximum Gasteiger partial charge on any atom is 0.255 e. The van der Waals surface area contributed by atoms with E-state index in [1.54, 1.807) is 14.2 Å². The van der Waals surface area contributed by atoms with Gasteiger partial charge in [0, 0.05) is 6.42 Å². The molecule has 0 atom stereocenters. The highest BCUT2D eigenvalue weighted by atomic mass is 16.7. The van der Waals surface area contributed by atoms with Crippen molar-refractivity contribution in [2.75, 3.05) is 21.0 Å². The first-order valence-corrected chi connectivity index (χ1v) is 8.44. The van der Waals surface area contributed by atoms with Crippen molar-refractivity contribution in [3.63, 3.8) is 0 Å². The van der Waals surface area contributed by atoms with E-state index in [9.17, 15) is 5.11 Å². The zero-order valence-corrected chi connectivity index (χ0v) is 14.5. The van der Waals surface area contributed by atoms with E-state index in [0.717, 1.165) is 35.2 Å². The summed E-state index contributed by atoms with van der Waals surface area (Å²) < 4.78 is 24.0. The monoisotopic (exact) mass is 352 g/mol. The van der Waals surface area contributed by atoms with Gasteiger partial charge in [0.2, 0.25) is 12.5 Å². The van der Waals surface area contributed by atoms with Crippen molar-refractivity contribution in [3.8, 4) is 40.0 Å². The molecular formula is C20H18NO5+. The maximum atomic E-state index is 11.2. The van der Waals surface area contributed by atoms with Gasteiger partial charge < -0.3 is 24.1 Å². The third kappa shape index (κ3) is 1.95. The van der Waals surface area contributed by atoms with Crippen LogP contribution in [0.2, 0.25) is 0 Å². The molecule has 0 saturated carbocycles. The summed E-state index contributed by atoms with van der Waals surface area (Å²) >= 11 is 0. The third-order valence-corrected chi connectivity index (χ3v) is 5.10. The number of aromatic nitrogens is 1. The molecule has 2 aromatic carbocycles. The maximum absolute atomic E-state index is 11.2. The third-order valence-electron chi connectivity index (χ3n) is 5.10. The largest absolute Gasteiger partial charge is 0.502 e. The number of aryl methyl sites for hydroxylation is 2. The Morgan fingerprint density at radius 2 is 1.88 bits per heavy atom. The lowest BCUT2D eigenvalue weighted by molar-refractivity contribution is -0.686. The molecule has 0 unspecified atom stereocenters. The number of nitrogens with zero attached hydrogens (tertiary/aromatic N) is 1. The Labute approximate surface area is 150 Å². The Hall–Kier alpha value is -3.15. The lowest BCUT2D eigenvalue weighted by Gasteiger charge is -2.19. The van der Waals surface area contributed by atoms with Gasteiger partial charge in [0.15, 0.2) is 35.7 Å². The van der Waals surface area contributed by atoms with Gasteiger partial charge in [-0.25, -0.2) is 0 Å². The number of fused-ring (bicyclic) bond motifs is 6. The van der Waals surface area contributed by atoms with Crippen LogP contribution in [0.4, 0.5) is 0 Å². The Balaban J connectivity index is 1.83. The second-order valence-corrected chi connectivity index (χ2v) is 6.40. The first kappa shape index (κ1) is 15.1. The number of ether oxygens (including phenoxy) is 4. The first-order valence-electron chi connectivity index (χ1n) is 8.44. The van der Waals surface area contributed by atoms with Crippen LogP contribution in [0.3, 0.4) is 0 Å². The van der Waals surface area contributed by atoms with Crippen LogP contribution in [0.5, 0.6) is 28.7 Å². The number of hydrogen-bond donors (Lipinski definition) is 1. The van der Waals surface area contributed by atoms with Crippen molar-refractivity contribution in [3.05, 3.63) is 36.0 Å². The molecule has 1 N–H and O–H groups in total. The molecule has 6 heteroatoms. The highest BCUT2D eigenvalue weighted by molar-refractivity contribution is 5.98. The molecule has 0 spiro atoms. The van der Waals surface area contributed by atoms with Crippen LogP contribution in [0.15, 0.2) is 30.5 Å². The fourth-order valence-electron chi connectivity index (χ4n) is 3.87. The van der Waals surface area contributed by atoms with E-state index in [2.05, 4.69) is 4.57 Å². The molecule has 26 heavy (non-hydrogen) atoms. The SMILES string of the molecule is COc1cc2c(cc1OC)-c1c(O)c3c4c(ccc3c[n+]1CC2)OCO4. The highest BCUT2D eigenvalue weighted by Gasteiger charge is 2.32. The van der Waals surface area contributed by atoms with Gasteiger partial charge in [-0.1, -0.05) is 0 Å². The van der Waals surface area contributed by atoms with Gasteiger partial charge in [-0.05, 0) is 29.8 Å². The summed E-state index contributed by atoms with van der Waals surface area (Å²) in [7, 11) is 3.24. The quantitative estimate of drug-likeness (QED) is 0.719. The molecule has 0 amide bonds. The molecule has 2 aliphatic rings. The smallest absolute Gasteiger partial charge is 0.255 e. The molecular weight excluding hydrogens is 334 g/mol. The van der Waals surface area contributed by atoms with Gasteiger partial charge in [-0.15, -0.1) is 0 Å². The van der Waals surface area contributed by atoms with Gasteiger partial charge in [0.05, 0.1) is 30.6 Å². The number of rotatable bonds is 2. The van der Waals surface area contributed by atoms with E-state index < -0.39 is 0 Å². The zero-order valence-electron chi connectivity index (χ0n) is 14.5. The standard InChI is InChI=1S/C20H17NO5/c1-23-15-7-11-5-6-21-9-12-3-4-14-20(26-10-25-14)17(12)19(22)18(21)13(11)8-16(15)24-2/h3-4,7-9H,5-6,10H2,1-2H3/p+1. The summed E-state index contributed by atoms with van der Waals surface area (Å²) in [4.78, 5) is 0. The minimum atomic E-state index is 0.166. The molecule has 0 radical (unpaired) electrons. The van der Waals surface area contributed by atoms with Gasteiger partial charge in [0.1, 0.15) is 0 Å². The fraction of sp³-hybridized carbons (Fsp3) is 0.250. The summed E-state index contributed by atoms with van der Waals surface area (Å²) in [5.41, 5.74) is 2.80. The number of methoxy groups -OCH3 is 2. The molecule has 0 fully saturated rings. The van der Waals surface area contributed by atoms with Crippen LogP contribution in [-0.2, 0) is 13.0 Å². The van der Waals surface area contributed by atoms with Crippen LogP contribution < -0.4 is 23.5 Å². The Kier molecular flexibility index (Phi) is 3.16. The molecule has 0 saturated heterocycles. The molecule has 3 heterocycles. The predicted molar refractivity (Wildman–Crippen MR) is 94.2 cm³/mol. The second-order valence-electron chi connectivity index (χ2n) is 6.40. The summed E-state index contributed by atoms with van der Waals surface area (Å²) in [6.45, 7) is 0.940. The van der Waals surface area contributed by atoms with Gasteiger partial charge in [-0.2, -0.15) is 4.57 Å². The molecule has 0 aliphatic carbocycles. The minimum Gasteiger partial charge on any atom is -0.502 e. The average molecular weight is 352 g/mol. The predicted octanol–water partition coefficient (Wildman–Crippen LogP) is 2.80. The van der Waals surface area contributed by atoms with Crippen LogP contribution in [-0.4, -0.2) is 26.1 Å². The van der Waals surface area contributed by atoms with Crippen molar-refractivity contribution in [1.29, 1.82) is 0 Å². The Morgan fingerprint density at radius 3 is 2.69 bits per heavy atom. The number of pyridine rings is 1. The van der Waals surface area contributed by atoms with Crippen molar-refractivity contribution < 1.29 is 28.6 Å².